The number of benzene rings is 1. The summed E-state index contributed by atoms with van der Waals surface area (Å²) in [5, 5.41) is 3.42. The molecule has 0 unspecified atom stereocenters. The highest BCUT2D eigenvalue weighted by Crippen LogP contribution is 2.32. The lowest BCUT2D eigenvalue weighted by atomic mass is 10.1. The van der Waals surface area contributed by atoms with E-state index in [-0.39, 0.29) is 0 Å². The summed E-state index contributed by atoms with van der Waals surface area (Å²) in [5.74, 6) is 1.06. The number of aldehydes is 1. The summed E-state index contributed by atoms with van der Waals surface area (Å²) < 4.78 is 5.49. The third kappa shape index (κ3) is 2.45. The zero-order valence-corrected chi connectivity index (χ0v) is 10.9. The Kier molecular flexibility index (Phi) is 3.51. The molecule has 2 rings (SSSR count). The molecule has 0 radical (unpaired) electrons. The van der Waals surface area contributed by atoms with Crippen molar-refractivity contribution in [3.8, 4) is 11.3 Å². The van der Waals surface area contributed by atoms with Crippen molar-refractivity contribution in [2.24, 2.45) is 0 Å². The Bertz CT molecular complexity index is 555. The van der Waals surface area contributed by atoms with Gasteiger partial charge in [0.25, 0.3) is 0 Å². The molecule has 0 spiro atoms. The molecule has 1 aromatic heterocycles. The second-order valence-electron chi connectivity index (χ2n) is 4.62. The van der Waals surface area contributed by atoms with E-state index in [1.54, 1.807) is 6.07 Å². The fourth-order valence-electron chi connectivity index (χ4n) is 1.91. The lowest BCUT2D eigenvalue weighted by Crippen LogP contribution is -2.11. The number of hydrogen-bond acceptors (Lipinski definition) is 3. The summed E-state index contributed by atoms with van der Waals surface area (Å²) in [5.41, 5.74) is 3.20. The van der Waals surface area contributed by atoms with Gasteiger partial charge in [-0.15, -0.1) is 0 Å². The SMILES string of the molecule is Cc1cccc(-c2ccc(C=O)o2)c1NC(C)C. The first-order valence-electron chi connectivity index (χ1n) is 6.03. The number of nitrogens with one attached hydrogen (secondary N) is 1. The number of furan rings is 1. The lowest BCUT2D eigenvalue weighted by Gasteiger charge is -2.16. The minimum atomic E-state index is 0.338. The number of rotatable bonds is 4. The first-order valence-corrected chi connectivity index (χ1v) is 6.03. The average Bonchev–Trinajstić information content (AvgIpc) is 2.80. The van der Waals surface area contributed by atoms with Crippen LogP contribution >= 0.6 is 0 Å². The van der Waals surface area contributed by atoms with Crippen molar-refractivity contribution in [1.82, 2.24) is 0 Å². The van der Waals surface area contributed by atoms with E-state index in [1.165, 1.54) is 0 Å². The van der Waals surface area contributed by atoms with Gasteiger partial charge in [-0.05, 0) is 44.5 Å². The minimum absolute atomic E-state index is 0.338. The number of para-hydroxylation sites is 1. The van der Waals surface area contributed by atoms with Gasteiger partial charge >= 0.3 is 0 Å². The summed E-state index contributed by atoms with van der Waals surface area (Å²) in [6.07, 6.45) is 0.717. The predicted molar refractivity (Wildman–Crippen MR) is 73.0 cm³/mol. The van der Waals surface area contributed by atoms with Gasteiger partial charge in [0.15, 0.2) is 12.0 Å². The highest BCUT2D eigenvalue weighted by Gasteiger charge is 2.12. The van der Waals surface area contributed by atoms with Gasteiger partial charge < -0.3 is 9.73 Å². The molecule has 1 heterocycles. The number of hydrogen-bond donors (Lipinski definition) is 1. The Morgan fingerprint density at radius 3 is 2.61 bits per heavy atom. The Morgan fingerprint density at radius 2 is 2.00 bits per heavy atom. The maximum Gasteiger partial charge on any atom is 0.185 e. The van der Waals surface area contributed by atoms with Crippen LogP contribution in [0.3, 0.4) is 0 Å². The standard InChI is InChI=1S/C15H17NO2/c1-10(2)16-15-11(3)5-4-6-13(15)14-8-7-12(9-17)18-14/h4-10,16H,1-3H3. The van der Waals surface area contributed by atoms with Crippen LogP contribution in [0.25, 0.3) is 11.3 Å². The van der Waals surface area contributed by atoms with Crippen molar-refractivity contribution in [3.05, 3.63) is 41.7 Å². The maximum atomic E-state index is 10.7. The number of carbonyl (C=O) groups is 1. The molecule has 0 atom stereocenters. The van der Waals surface area contributed by atoms with E-state index >= 15 is 0 Å². The van der Waals surface area contributed by atoms with E-state index in [0.717, 1.165) is 23.1 Å². The van der Waals surface area contributed by atoms with Crippen LogP contribution in [0.1, 0.15) is 30.0 Å². The van der Waals surface area contributed by atoms with Gasteiger partial charge in [0.2, 0.25) is 0 Å². The van der Waals surface area contributed by atoms with E-state index in [9.17, 15) is 4.79 Å². The quantitative estimate of drug-likeness (QED) is 0.828. The van der Waals surface area contributed by atoms with Crippen LogP contribution in [0.15, 0.2) is 34.7 Å². The molecule has 0 amide bonds. The third-order valence-corrected chi connectivity index (χ3v) is 2.71. The second-order valence-corrected chi connectivity index (χ2v) is 4.62. The van der Waals surface area contributed by atoms with Gasteiger partial charge in [-0.3, -0.25) is 4.79 Å². The normalized spacial score (nSPS) is 10.7. The molecule has 2 aromatic rings. The van der Waals surface area contributed by atoms with Crippen LogP contribution in [0.2, 0.25) is 0 Å². The Morgan fingerprint density at radius 1 is 1.22 bits per heavy atom. The van der Waals surface area contributed by atoms with Crippen LogP contribution in [-0.2, 0) is 0 Å². The molecule has 0 saturated carbocycles. The summed E-state index contributed by atoms with van der Waals surface area (Å²) in [4.78, 5) is 10.7. The first kappa shape index (κ1) is 12.4. The third-order valence-electron chi connectivity index (χ3n) is 2.71. The monoisotopic (exact) mass is 243 g/mol. The van der Waals surface area contributed by atoms with Crippen LogP contribution in [0.5, 0.6) is 0 Å². The molecule has 1 aromatic carbocycles. The van der Waals surface area contributed by atoms with E-state index < -0.39 is 0 Å². The van der Waals surface area contributed by atoms with Crippen LogP contribution in [0.4, 0.5) is 5.69 Å². The van der Waals surface area contributed by atoms with Crippen molar-refractivity contribution < 1.29 is 9.21 Å². The highest BCUT2D eigenvalue weighted by molar-refractivity contribution is 5.79. The molecule has 1 N–H and O–H groups in total. The van der Waals surface area contributed by atoms with Gasteiger partial charge in [0.1, 0.15) is 5.76 Å². The zero-order chi connectivity index (χ0) is 13.1. The average molecular weight is 243 g/mol. The van der Waals surface area contributed by atoms with E-state index in [4.69, 9.17) is 4.42 Å². The summed E-state index contributed by atoms with van der Waals surface area (Å²) in [6.45, 7) is 6.24. The Balaban J connectivity index is 2.49. The fraction of sp³-hybridized carbons (Fsp3) is 0.267. The van der Waals surface area contributed by atoms with Crippen molar-refractivity contribution in [2.75, 3.05) is 5.32 Å². The molecule has 0 fully saturated rings. The van der Waals surface area contributed by atoms with Crippen molar-refractivity contribution in [1.29, 1.82) is 0 Å². The van der Waals surface area contributed by atoms with Crippen LogP contribution in [0, 0.1) is 6.92 Å². The number of carbonyl (C=O) groups excluding carboxylic acids is 1. The maximum absolute atomic E-state index is 10.7. The largest absolute Gasteiger partial charge is 0.453 e. The van der Waals surface area contributed by atoms with Crippen molar-refractivity contribution >= 4 is 12.0 Å². The molecular formula is C15H17NO2. The van der Waals surface area contributed by atoms with Gasteiger partial charge in [-0.1, -0.05) is 12.1 Å². The van der Waals surface area contributed by atoms with Crippen LogP contribution < -0.4 is 5.32 Å². The topological polar surface area (TPSA) is 42.2 Å². The molecule has 3 nitrogen and oxygen atoms in total. The molecule has 0 aliphatic carbocycles. The number of aryl methyl sites for hydroxylation is 1. The fourth-order valence-corrected chi connectivity index (χ4v) is 1.91. The Labute approximate surface area is 107 Å². The van der Waals surface area contributed by atoms with Gasteiger partial charge in [-0.25, -0.2) is 0 Å². The molecule has 0 aliphatic rings. The minimum Gasteiger partial charge on any atom is -0.453 e. The van der Waals surface area contributed by atoms with Gasteiger partial charge in [0.05, 0.1) is 0 Å². The van der Waals surface area contributed by atoms with Crippen LogP contribution in [-0.4, -0.2) is 12.3 Å². The zero-order valence-electron chi connectivity index (χ0n) is 10.9. The second kappa shape index (κ2) is 5.08. The molecule has 0 aliphatic heterocycles. The highest BCUT2D eigenvalue weighted by atomic mass is 16.3. The van der Waals surface area contributed by atoms with Gasteiger partial charge in [-0.2, -0.15) is 0 Å². The molecule has 0 saturated heterocycles. The predicted octanol–water partition coefficient (Wildman–Crippen LogP) is 3.89. The van der Waals surface area contributed by atoms with Crippen molar-refractivity contribution in [2.45, 2.75) is 26.8 Å². The summed E-state index contributed by atoms with van der Waals surface area (Å²) in [6, 6.07) is 9.88. The molecule has 0 bridgehead atoms. The summed E-state index contributed by atoms with van der Waals surface area (Å²) in [7, 11) is 0. The molecule has 18 heavy (non-hydrogen) atoms. The first-order chi connectivity index (χ1) is 8.61. The molecular weight excluding hydrogens is 226 g/mol. The number of anilines is 1. The molecule has 94 valence electrons. The van der Waals surface area contributed by atoms with Gasteiger partial charge in [0, 0.05) is 17.3 Å². The Hall–Kier alpha value is -2.03. The lowest BCUT2D eigenvalue weighted by molar-refractivity contribution is 0.110. The van der Waals surface area contributed by atoms with E-state index in [1.807, 2.05) is 18.2 Å². The van der Waals surface area contributed by atoms with Crippen molar-refractivity contribution in [3.63, 3.8) is 0 Å². The summed E-state index contributed by atoms with van der Waals surface area (Å²) >= 11 is 0. The van der Waals surface area contributed by atoms with E-state index in [2.05, 4.69) is 32.2 Å². The van der Waals surface area contributed by atoms with E-state index in [0.29, 0.717) is 17.6 Å². The smallest absolute Gasteiger partial charge is 0.185 e. The molecule has 3 heteroatoms.